The number of terminal acetylenes is 1. The van der Waals surface area contributed by atoms with Crippen molar-refractivity contribution in [3.8, 4) is 12.3 Å². The van der Waals surface area contributed by atoms with Crippen LogP contribution in [0.15, 0.2) is 18.3 Å². The van der Waals surface area contributed by atoms with Crippen LogP contribution in [0.1, 0.15) is 29.4 Å². The maximum Gasteiger partial charge on any atom is 0.323 e. The smallest absolute Gasteiger partial charge is 0.323 e. The molecule has 1 aliphatic heterocycles. The van der Waals surface area contributed by atoms with E-state index in [0.717, 1.165) is 25.9 Å². The molecular formula is C15H19N3O3. The van der Waals surface area contributed by atoms with Crippen molar-refractivity contribution in [3.05, 3.63) is 24.0 Å². The van der Waals surface area contributed by atoms with Gasteiger partial charge in [0.1, 0.15) is 12.2 Å². The summed E-state index contributed by atoms with van der Waals surface area (Å²) in [7, 11) is 0. The molecule has 0 radical (unpaired) electrons. The lowest BCUT2D eigenvalue weighted by molar-refractivity contribution is -0.137. The van der Waals surface area contributed by atoms with E-state index in [2.05, 4.69) is 11.2 Å². The van der Waals surface area contributed by atoms with Gasteiger partial charge in [0.15, 0.2) is 0 Å². The van der Waals surface area contributed by atoms with E-state index in [4.69, 9.17) is 11.5 Å². The molecule has 2 rings (SSSR count). The maximum absolute atomic E-state index is 12.5. The number of aliphatic carboxylic acids is 1. The molecule has 0 unspecified atom stereocenters. The first-order chi connectivity index (χ1) is 10.1. The molecule has 6 heteroatoms. The lowest BCUT2D eigenvalue weighted by atomic mass is 10.1. The van der Waals surface area contributed by atoms with Gasteiger partial charge in [-0.15, -0.1) is 6.42 Å². The number of amides is 1. The molecule has 21 heavy (non-hydrogen) atoms. The molecule has 1 amide bonds. The molecule has 2 heterocycles. The van der Waals surface area contributed by atoms with Gasteiger partial charge in [-0.2, -0.15) is 0 Å². The predicted octanol–water partition coefficient (Wildman–Crippen LogP) is 0.573. The summed E-state index contributed by atoms with van der Waals surface area (Å²) in [5.74, 6) is 0.932. The van der Waals surface area contributed by atoms with Crippen LogP contribution in [0, 0.1) is 12.3 Å². The highest BCUT2D eigenvalue weighted by molar-refractivity contribution is 5.94. The Morgan fingerprint density at radius 1 is 1.48 bits per heavy atom. The van der Waals surface area contributed by atoms with Crippen molar-refractivity contribution >= 4 is 11.9 Å². The zero-order valence-electron chi connectivity index (χ0n) is 11.8. The number of carboxylic acid groups (broad SMARTS) is 1. The third-order valence-electron chi connectivity index (χ3n) is 3.60. The minimum atomic E-state index is -1.07. The zero-order valence-corrected chi connectivity index (χ0v) is 11.8. The molecule has 6 nitrogen and oxygen atoms in total. The number of hydrogen-bond acceptors (Lipinski definition) is 3. The van der Waals surface area contributed by atoms with E-state index in [9.17, 15) is 9.59 Å². The first-order valence-electron chi connectivity index (χ1n) is 6.95. The number of aromatic nitrogens is 1. The van der Waals surface area contributed by atoms with E-state index >= 15 is 0 Å². The largest absolute Gasteiger partial charge is 0.480 e. The molecule has 1 saturated heterocycles. The highest BCUT2D eigenvalue weighted by Crippen LogP contribution is 2.22. The maximum atomic E-state index is 12.5. The van der Waals surface area contributed by atoms with E-state index in [1.807, 2.05) is 16.8 Å². The number of carboxylic acids is 1. The van der Waals surface area contributed by atoms with Crippen LogP contribution in [-0.4, -0.2) is 52.6 Å². The quantitative estimate of drug-likeness (QED) is 0.777. The second kappa shape index (κ2) is 6.95. The van der Waals surface area contributed by atoms with Crippen molar-refractivity contribution in [1.82, 2.24) is 14.8 Å². The third kappa shape index (κ3) is 3.64. The third-order valence-corrected chi connectivity index (χ3v) is 3.60. The van der Waals surface area contributed by atoms with Gasteiger partial charge < -0.3 is 19.9 Å². The molecule has 0 spiro atoms. The van der Waals surface area contributed by atoms with Gasteiger partial charge in [0, 0.05) is 12.2 Å². The number of rotatable bonds is 5. The fraction of sp³-hybridized carbons (Fsp3) is 0.467. The van der Waals surface area contributed by atoms with Gasteiger partial charge in [-0.05, 0) is 38.1 Å². The highest BCUT2D eigenvalue weighted by atomic mass is 16.4. The molecule has 0 aliphatic carbocycles. The van der Waals surface area contributed by atoms with E-state index in [1.54, 1.807) is 6.07 Å². The SMILES string of the molecule is C#CCN(CC(=O)O)C(=O)c1cccn1C1CCNCC1. The van der Waals surface area contributed by atoms with E-state index < -0.39 is 5.97 Å². The zero-order chi connectivity index (χ0) is 15.2. The van der Waals surface area contributed by atoms with Crippen LogP contribution in [0.25, 0.3) is 0 Å². The number of nitrogens with zero attached hydrogens (tertiary/aromatic N) is 2. The van der Waals surface area contributed by atoms with Crippen molar-refractivity contribution in [1.29, 1.82) is 0 Å². The average Bonchev–Trinajstić information content (AvgIpc) is 2.96. The van der Waals surface area contributed by atoms with Gasteiger partial charge in [-0.3, -0.25) is 9.59 Å². The molecule has 0 saturated carbocycles. The van der Waals surface area contributed by atoms with E-state index in [0.29, 0.717) is 5.69 Å². The Morgan fingerprint density at radius 3 is 2.81 bits per heavy atom. The molecule has 1 aliphatic rings. The van der Waals surface area contributed by atoms with Crippen LogP contribution < -0.4 is 5.32 Å². The Labute approximate surface area is 123 Å². The summed E-state index contributed by atoms with van der Waals surface area (Å²) < 4.78 is 1.94. The van der Waals surface area contributed by atoms with Crippen molar-refractivity contribution in [3.63, 3.8) is 0 Å². The minimum Gasteiger partial charge on any atom is -0.480 e. The number of carbonyl (C=O) groups excluding carboxylic acids is 1. The Morgan fingerprint density at radius 2 is 2.19 bits per heavy atom. The minimum absolute atomic E-state index is 0.0114. The second-order valence-electron chi connectivity index (χ2n) is 5.04. The first kappa shape index (κ1) is 15.1. The molecule has 1 aromatic heterocycles. The molecule has 1 aromatic rings. The lowest BCUT2D eigenvalue weighted by Gasteiger charge is -2.27. The summed E-state index contributed by atoms with van der Waals surface area (Å²) in [5, 5.41) is 12.2. The van der Waals surface area contributed by atoms with Crippen LogP contribution in [0.3, 0.4) is 0 Å². The first-order valence-corrected chi connectivity index (χ1v) is 6.95. The number of hydrogen-bond donors (Lipinski definition) is 2. The van der Waals surface area contributed by atoms with Crippen LogP contribution in [0.5, 0.6) is 0 Å². The van der Waals surface area contributed by atoms with Crippen LogP contribution in [0.2, 0.25) is 0 Å². The van der Waals surface area contributed by atoms with Crippen LogP contribution in [0.4, 0.5) is 0 Å². The number of carbonyl (C=O) groups is 2. The van der Waals surface area contributed by atoms with Crippen molar-refractivity contribution in [2.75, 3.05) is 26.2 Å². The summed E-state index contributed by atoms with van der Waals surface area (Å²) >= 11 is 0. The standard InChI is InChI=1S/C15H19N3O3/c1-2-9-17(11-14(19)20)15(21)13-4-3-10-18(13)12-5-7-16-8-6-12/h1,3-4,10,12,16H,5-9,11H2,(H,19,20). The molecule has 1 fully saturated rings. The summed E-state index contributed by atoms with van der Waals surface area (Å²) in [4.78, 5) is 24.6. The number of piperidine rings is 1. The average molecular weight is 289 g/mol. The van der Waals surface area contributed by atoms with Crippen molar-refractivity contribution < 1.29 is 14.7 Å². The van der Waals surface area contributed by atoms with Crippen molar-refractivity contribution in [2.45, 2.75) is 18.9 Å². The van der Waals surface area contributed by atoms with Gasteiger partial charge in [0.05, 0.1) is 6.54 Å². The van der Waals surface area contributed by atoms with Gasteiger partial charge >= 0.3 is 5.97 Å². The second-order valence-corrected chi connectivity index (χ2v) is 5.04. The normalized spacial score (nSPS) is 15.4. The van der Waals surface area contributed by atoms with Gasteiger partial charge in [0.25, 0.3) is 5.91 Å². The van der Waals surface area contributed by atoms with Gasteiger partial charge in [-0.25, -0.2) is 0 Å². The van der Waals surface area contributed by atoms with Gasteiger partial charge in [-0.1, -0.05) is 5.92 Å². The molecule has 2 N–H and O–H groups in total. The van der Waals surface area contributed by atoms with E-state index in [1.165, 1.54) is 4.90 Å². The highest BCUT2D eigenvalue weighted by Gasteiger charge is 2.24. The summed E-state index contributed by atoms with van der Waals surface area (Å²) in [5.41, 5.74) is 0.499. The number of nitrogens with one attached hydrogen (secondary N) is 1. The summed E-state index contributed by atoms with van der Waals surface area (Å²) in [6, 6.07) is 3.79. The fourth-order valence-electron chi connectivity index (χ4n) is 2.61. The van der Waals surface area contributed by atoms with Crippen LogP contribution >= 0.6 is 0 Å². The molecule has 0 bridgehead atoms. The molecule has 0 aromatic carbocycles. The van der Waals surface area contributed by atoms with Crippen molar-refractivity contribution in [2.24, 2.45) is 0 Å². The Balaban J connectivity index is 2.20. The summed E-state index contributed by atoms with van der Waals surface area (Å²) in [6.07, 6.45) is 8.99. The van der Waals surface area contributed by atoms with Gasteiger partial charge in [0.2, 0.25) is 0 Å². The topological polar surface area (TPSA) is 74.6 Å². The molecule has 112 valence electrons. The molecular weight excluding hydrogens is 270 g/mol. The fourth-order valence-corrected chi connectivity index (χ4v) is 2.61. The Kier molecular flexibility index (Phi) is 5.01. The Bertz CT molecular complexity index is 553. The predicted molar refractivity (Wildman–Crippen MR) is 77.9 cm³/mol. The monoisotopic (exact) mass is 289 g/mol. The molecule has 0 atom stereocenters. The van der Waals surface area contributed by atoms with E-state index in [-0.39, 0.29) is 25.0 Å². The summed E-state index contributed by atoms with van der Waals surface area (Å²) in [6.45, 7) is 1.43. The lowest BCUT2D eigenvalue weighted by Crippen LogP contribution is -2.38. The Hall–Kier alpha value is -2.26. The van der Waals surface area contributed by atoms with Crippen LogP contribution in [-0.2, 0) is 4.79 Å².